The van der Waals surface area contributed by atoms with E-state index in [0.717, 1.165) is 0 Å². The molecule has 0 aromatic rings. The molecule has 0 bridgehead atoms. The second-order valence-electron chi connectivity index (χ2n) is 2.41. The Morgan fingerprint density at radius 1 is 1.09 bits per heavy atom. The first kappa shape index (κ1) is 8.93. The molecule has 0 aromatic carbocycles. The quantitative estimate of drug-likeness (QED) is 0.586. The lowest BCUT2D eigenvalue weighted by atomic mass is 10.2. The van der Waals surface area contributed by atoms with E-state index in [1.807, 2.05) is 0 Å². The number of hydrogen-bond donors (Lipinski definition) is 0. The lowest BCUT2D eigenvalue weighted by Crippen LogP contribution is -2.34. The van der Waals surface area contributed by atoms with Crippen molar-refractivity contribution in [2.24, 2.45) is 0 Å². The van der Waals surface area contributed by atoms with Gasteiger partial charge in [-0.15, -0.1) is 0 Å². The van der Waals surface area contributed by atoms with E-state index in [4.69, 9.17) is 18.9 Å². The summed E-state index contributed by atoms with van der Waals surface area (Å²) in [6.45, 7) is 0.535. The lowest BCUT2D eigenvalue weighted by Gasteiger charge is -2.18. The van der Waals surface area contributed by atoms with Crippen molar-refractivity contribution in [1.82, 2.24) is 0 Å². The van der Waals surface area contributed by atoms with E-state index in [9.17, 15) is 0 Å². The Kier molecular flexibility index (Phi) is 3.26. The molecule has 11 heavy (non-hydrogen) atoms. The monoisotopic (exact) mass is 162 g/mol. The Balaban J connectivity index is 2.48. The second kappa shape index (κ2) is 4.01. The molecule has 0 aliphatic carbocycles. The molecular formula is C7H14O4. The highest BCUT2D eigenvalue weighted by atomic mass is 16.7. The Labute approximate surface area is 66.4 Å². The van der Waals surface area contributed by atoms with Crippen molar-refractivity contribution in [2.45, 2.75) is 18.5 Å². The molecule has 4 nitrogen and oxygen atoms in total. The summed E-state index contributed by atoms with van der Waals surface area (Å²) >= 11 is 0. The fourth-order valence-corrected chi connectivity index (χ4v) is 1.22. The molecule has 66 valence electrons. The van der Waals surface area contributed by atoms with Crippen LogP contribution in [0.2, 0.25) is 0 Å². The topological polar surface area (TPSA) is 36.9 Å². The van der Waals surface area contributed by atoms with Crippen molar-refractivity contribution in [2.75, 3.05) is 27.9 Å². The van der Waals surface area contributed by atoms with E-state index in [2.05, 4.69) is 0 Å². The highest BCUT2D eigenvalue weighted by molar-refractivity contribution is 4.79. The standard InChI is InChI=1S/C7H14O4/c1-8-5-4-11-7(10-3)6(5)9-2/h5-7H,4H2,1-3H3/t5-,6?,7+/m1/s1. The Morgan fingerprint density at radius 2 is 1.82 bits per heavy atom. The Bertz CT molecular complexity index is 105. The third-order valence-electron chi connectivity index (χ3n) is 1.87. The first-order valence-corrected chi connectivity index (χ1v) is 3.53. The number of methoxy groups -OCH3 is 3. The fourth-order valence-electron chi connectivity index (χ4n) is 1.22. The lowest BCUT2D eigenvalue weighted by molar-refractivity contribution is -0.145. The first-order valence-electron chi connectivity index (χ1n) is 3.53. The maximum Gasteiger partial charge on any atom is 0.186 e. The van der Waals surface area contributed by atoms with Gasteiger partial charge in [0, 0.05) is 21.3 Å². The average Bonchev–Trinajstić information content (AvgIpc) is 2.45. The minimum absolute atomic E-state index is 0.00931. The summed E-state index contributed by atoms with van der Waals surface area (Å²) in [5.74, 6) is 0. The van der Waals surface area contributed by atoms with Crippen LogP contribution in [0, 0.1) is 0 Å². The molecule has 0 radical (unpaired) electrons. The largest absolute Gasteiger partial charge is 0.376 e. The SMILES string of the molecule is COC1[C@@H](OC)OC[C@H]1OC. The zero-order valence-electron chi connectivity index (χ0n) is 7.07. The third kappa shape index (κ3) is 1.70. The van der Waals surface area contributed by atoms with Crippen LogP contribution in [0.1, 0.15) is 0 Å². The van der Waals surface area contributed by atoms with Crippen LogP contribution in [0.5, 0.6) is 0 Å². The molecule has 1 heterocycles. The summed E-state index contributed by atoms with van der Waals surface area (Å²) in [5, 5.41) is 0. The molecule has 1 aliphatic rings. The van der Waals surface area contributed by atoms with Crippen LogP contribution >= 0.6 is 0 Å². The molecule has 0 spiro atoms. The molecule has 0 saturated carbocycles. The number of ether oxygens (including phenoxy) is 4. The van der Waals surface area contributed by atoms with Crippen LogP contribution < -0.4 is 0 Å². The van der Waals surface area contributed by atoms with Crippen LogP contribution in [-0.2, 0) is 18.9 Å². The minimum Gasteiger partial charge on any atom is -0.376 e. The smallest absolute Gasteiger partial charge is 0.186 e. The zero-order chi connectivity index (χ0) is 8.27. The Hall–Kier alpha value is -0.160. The maximum atomic E-state index is 5.24. The second-order valence-corrected chi connectivity index (χ2v) is 2.41. The maximum absolute atomic E-state index is 5.24. The van der Waals surface area contributed by atoms with E-state index in [1.165, 1.54) is 0 Å². The summed E-state index contributed by atoms with van der Waals surface area (Å²) in [6, 6.07) is 0. The van der Waals surface area contributed by atoms with E-state index in [1.54, 1.807) is 21.3 Å². The molecule has 3 atom stereocenters. The van der Waals surface area contributed by atoms with Gasteiger partial charge in [-0.25, -0.2) is 0 Å². The first-order chi connectivity index (χ1) is 5.33. The molecular weight excluding hydrogens is 148 g/mol. The molecule has 0 aromatic heterocycles. The van der Waals surface area contributed by atoms with Crippen molar-refractivity contribution < 1.29 is 18.9 Å². The van der Waals surface area contributed by atoms with Gasteiger partial charge in [0.25, 0.3) is 0 Å². The summed E-state index contributed by atoms with van der Waals surface area (Å²) in [7, 11) is 4.85. The molecule has 1 unspecified atom stereocenters. The van der Waals surface area contributed by atoms with Crippen molar-refractivity contribution in [3.05, 3.63) is 0 Å². The van der Waals surface area contributed by atoms with E-state index in [0.29, 0.717) is 6.61 Å². The molecule has 1 fully saturated rings. The van der Waals surface area contributed by atoms with Crippen LogP contribution in [-0.4, -0.2) is 46.4 Å². The van der Waals surface area contributed by atoms with Crippen LogP contribution in [0.25, 0.3) is 0 Å². The molecule has 0 amide bonds. The van der Waals surface area contributed by atoms with E-state index in [-0.39, 0.29) is 18.5 Å². The van der Waals surface area contributed by atoms with Gasteiger partial charge < -0.3 is 18.9 Å². The van der Waals surface area contributed by atoms with Gasteiger partial charge in [-0.3, -0.25) is 0 Å². The predicted octanol–water partition coefficient (Wildman–Crippen LogP) is 0.0191. The molecule has 1 rings (SSSR count). The van der Waals surface area contributed by atoms with Gasteiger partial charge in [0.05, 0.1) is 6.61 Å². The summed E-state index contributed by atoms with van der Waals surface area (Å²) < 4.78 is 20.5. The van der Waals surface area contributed by atoms with E-state index < -0.39 is 0 Å². The van der Waals surface area contributed by atoms with Crippen LogP contribution in [0.3, 0.4) is 0 Å². The molecule has 4 heteroatoms. The van der Waals surface area contributed by atoms with Crippen LogP contribution in [0.15, 0.2) is 0 Å². The van der Waals surface area contributed by atoms with Crippen molar-refractivity contribution >= 4 is 0 Å². The summed E-state index contributed by atoms with van der Waals surface area (Å²) in [5.41, 5.74) is 0. The highest BCUT2D eigenvalue weighted by Gasteiger charge is 2.37. The normalized spacial score (nSPS) is 37.9. The third-order valence-corrected chi connectivity index (χ3v) is 1.87. The van der Waals surface area contributed by atoms with E-state index >= 15 is 0 Å². The minimum atomic E-state index is -0.287. The average molecular weight is 162 g/mol. The van der Waals surface area contributed by atoms with Gasteiger partial charge in [0.1, 0.15) is 12.2 Å². The highest BCUT2D eigenvalue weighted by Crippen LogP contribution is 2.19. The number of rotatable bonds is 3. The molecule has 1 aliphatic heterocycles. The fraction of sp³-hybridized carbons (Fsp3) is 1.00. The summed E-state index contributed by atoms with van der Waals surface area (Å²) in [4.78, 5) is 0. The van der Waals surface area contributed by atoms with Gasteiger partial charge in [0.2, 0.25) is 0 Å². The van der Waals surface area contributed by atoms with Gasteiger partial charge in [-0.2, -0.15) is 0 Å². The van der Waals surface area contributed by atoms with Gasteiger partial charge >= 0.3 is 0 Å². The zero-order valence-corrected chi connectivity index (χ0v) is 7.07. The molecule has 0 N–H and O–H groups in total. The van der Waals surface area contributed by atoms with Gasteiger partial charge in [-0.1, -0.05) is 0 Å². The van der Waals surface area contributed by atoms with Gasteiger partial charge in [-0.05, 0) is 0 Å². The Morgan fingerprint density at radius 3 is 2.27 bits per heavy atom. The predicted molar refractivity (Wildman–Crippen MR) is 38.3 cm³/mol. The van der Waals surface area contributed by atoms with Crippen molar-refractivity contribution in [3.8, 4) is 0 Å². The van der Waals surface area contributed by atoms with Crippen molar-refractivity contribution in [1.29, 1.82) is 0 Å². The van der Waals surface area contributed by atoms with Gasteiger partial charge in [0.15, 0.2) is 6.29 Å². The van der Waals surface area contributed by atoms with Crippen molar-refractivity contribution in [3.63, 3.8) is 0 Å². The summed E-state index contributed by atoms with van der Waals surface area (Å²) in [6.07, 6.45) is -0.403. The molecule has 1 saturated heterocycles. The number of hydrogen-bond acceptors (Lipinski definition) is 4. The van der Waals surface area contributed by atoms with Crippen LogP contribution in [0.4, 0.5) is 0 Å².